The van der Waals surface area contributed by atoms with Gasteiger partial charge in [-0.05, 0) is 49.4 Å². The molecule has 0 spiro atoms. The van der Waals surface area contributed by atoms with Crippen molar-refractivity contribution in [2.24, 2.45) is 0 Å². The fourth-order valence-corrected chi connectivity index (χ4v) is 2.41. The van der Waals surface area contributed by atoms with E-state index in [1.807, 2.05) is 6.92 Å². The number of amides is 1. The van der Waals surface area contributed by atoms with Crippen LogP contribution in [0.3, 0.4) is 0 Å². The van der Waals surface area contributed by atoms with Gasteiger partial charge in [0.2, 0.25) is 0 Å². The second kappa shape index (κ2) is 6.76. The first kappa shape index (κ1) is 16.1. The molecule has 1 amide bonds. The highest BCUT2D eigenvalue weighted by Gasteiger charge is 2.13. The van der Waals surface area contributed by atoms with E-state index in [0.29, 0.717) is 34.0 Å². The summed E-state index contributed by atoms with van der Waals surface area (Å²) in [5, 5.41) is 3.44. The lowest BCUT2D eigenvalue weighted by atomic mass is 10.2. The molecule has 0 saturated carbocycles. The van der Waals surface area contributed by atoms with Crippen LogP contribution in [0.1, 0.15) is 17.5 Å². The molecule has 0 unspecified atom stereocenters. The maximum absolute atomic E-state index is 12.3. The predicted molar refractivity (Wildman–Crippen MR) is 93.1 cm³/mol. The Bertz CT molecular complexity index is 947. The molecule has 122 valence electrons. The molecule has 5 nitrogen and oxygen atoms in total. The van der Waals surface area contributed by atoms with Gasteiger partial charge in [-0.3, -0.25) is 9.59 Å². The van der Waals surface area contributed by atoms with E-state index in [1.165, 1.54) is 6.07 Å². The molecule has 0 atom stereocenters. The molecule has 0 radical (unpaired) electrons. The van der Waals surface area contributed by atoms with Crippen LogP contribution >= 0.6 is 11.6 Å². The number of rotatable bonds is 4. The van der Waals surface area contributed by atoms with E-state index in [2.05, 4.69) is 5.32 Å². The van der Waals surface area contributed by atoms with Crippen LogP contribution in [0.15, 0.2) is 57.7 Å². The topological polar surface area (TPSA) is 68.5 Å². The smallest absolute Gasteiger partial charge is 0.291 e. The molecule has 0 bridgehead atoms. The molecule has 1 heterocycles. The largest absolute Gasteiger partial charge is 0.494 e. The first-order chi connectivity index (χ1) is 11.6. The fourth-order valence-electron chi connectivity index (χ4n) is 2.23. The Balaban J connectivity index is 1.86. The molecule has 1 N–H and O–H groups in total. The van der Waals surface area contributed by atoms with E-state index >= 15 is 0 Å². The van der Waals surface area contributed by atoms with Gasteiger partial charge in [0.05, 0.1) is 12.0 Å². The van der Waals surface area contributed by atoms with Gasteiger partial charge in [-0.15, -0.1) is 0 Å². The quantitative estimate of drug-likeness (QED) is 0.774. The second-order valence-electron chi connectivity index (χ2n) is 5.03. The van der Waals surface area contributed by atoms with Gasteiger partial charge >= 0.3 is 0 Å². The van der Waals surface area contributed by atoms with Crippen LogP contribution in [-0.4, -0.2) is 12.5 Å². The first-order valence-electron chi connectivity index (χ1n) is 7.34. The molecule has 0 saturated heterocycles. The Morgan fingerprint density at radius 2 is 1.92 bits per heavy atom. The summed E-state index contributed by atoms with van der Waals surface area (Å²) in [7, 11) is 0. The lowest BCUT2D eigenvalue weighted by Crippen LogP contribution is -2.14. The number of ether oxygens (including phenoxy) is 1. The van der Waals surface area contributed by atoms with Crippen LogP contribution < -0.4 is 15.5 Å². The number of hydrogen-bond donors (Lipinski definition) is 1. The second-order valence-corrected chi connectivity index (χ2v) is 5.46. The molecule has 6 heteroatoms. The Hall–Kier alpha value is -2.79. The van der Waals surface area contributed by atoms with Crippen LogP contribution in [0.25, 0.3) is 11.0 Å². The fraction of sp³-hybridized carbons (Fsp3) is 0.111. The molecule has 0 fully saturated rings. The number of halogens is 1. The number of fused-ring (bicyclic) bond motifs is 1. The number of carbonyl (C=O) groups is 1. The van der Waals surface area contributed by atoms with Crippen LogP contribution in [0.2, 0.25) is 5.02 Å². The van der Waals surface area contributed by atoms with Crippen molar-refractivity contribution in [3.05, 3.63) is 69.5 Å². The zero-order chi connectivity index (χ0) is 17.1. The van der Waals surface area contributed by atoms with Gasteiger partial charge in [-0.25, -0.2) is 0 Å². The molecule has 0 aliphatic rings. The van der Waals surface area contributed by atoms with Gasteiger partial charge < -0.3 is 14.5 Å². The van der Waals surface area contributed by atoms with Crippen molar-refractivity contribution in [2.45, 2.75) is 6.92 Å². The molecule has 3 rings (SSSR count). The normalized spacial score (nSPS) is 10.6. The van der Waals surface area contributed by atoms with Crippen molar-refractivity contribution in [1.82, 2.24) is 0 Å². The predicted octanol–water partition coefficient (Wildman–Crippen LogP) is 4.10. The maximum atomic E-state index is 12.3. The van der Waals surface area contributed by atoms with Crippen molar-refractivity contribution in [2.75, 3.05) is 11.9 Å². The zero-order valence-electron chi connectivity index (χ0n) is 12.8. The Morgan fingerprint density at radius 3 is 2.62 bits per heavy atom. The molecular weight excluding hydrogens is 330 g/mol. The molecule has 1 aromatic heterocycles. The SMILES string of the molecule is CCOc1ccc(NC(=O)c2cc(=O)c3cc(Cl)ccc3o2)cc1. The van der Waals surface area contributed by atoms with E-state index in [0.717, 1.165) is 6.07 Å². The van der Waals surface area contributed by atoms with E-state index < -0.39 is 5.91 Å². The van der Waals surface area contributed by atoms with Crippen LogP contribution in [0.4, 0.5) is 5.69 Å². The van der Waals surface area contributed by atoms with Crippen LogP contribution in [-0.2, 0) is 0 Å². The summed E-state index contributed by atoms with van der Waals surface area (Å²) >= 11 is 5.87. The highest BCUT2D eigenvalue weighted by atomic mass is 35.5. The molecule has 24 heavy (non-hydrogen) atoms. The summed E-state index contributed by atoms with van der Waals surface area (Å²) in [6.07, 6.45) is 0. The monoisotopic (exact) mass is 343 g/mol. The average Bonchev–Trinajstić information content (AvgIpc) is 2.57. The Kier molecular flexibility index (Phi) is 4.53. The Labute approximate surface area is 142 Å². The summed E-state index contributed by atoms with van der Waals surface area (Å²) in [5.41, 5.74) is 0.557. The summed E-state index contributed by atoms with van der Waals surface area (Å²) in [4.78, 5) is 24.4. The van der Waals surface area contributed by atoms with E-state index in [9.17, 15) is 9.59 Å². The van der Waals surface area contributed by atoms with E-state index in [1.54, 1.807) is 36.4 Å². The highest BCUT2D eigenvalue weighted by Crippen LogP contribution is 2.19. The summed E-state index contributed by atoms with van der Waals surface area (Å²) < 4.78 is 10.8. The third-order valence-electron chi connectivity index (χ3n) is 3.34. The van der Waals surface area contributed by atoms with E-state index in [4.69, 9.17) is 20.8 Å². The van der Waals surface area contributed by atoms with Gasteiger partial charge in [-0.1, -0.05) is 11.6 Å². The highest BCUT2D eigenvalue weighted by molar-refractivity contribution is 6.31. The van der Waals surface area contributed by atoms with Gasteiger partial charge in [0.25, 0.3) is 5.91 Å². The number of carbonyl (C=O) groups excluding carboxylic acids is 1. The molecule has 2 aromatic carbocycles. The standard InChI is InChI=1S/C18H14ClNO4/c1-2-23-13-6-4-12(5-7-13)20-18(22)17-10-15(21)14-9-11(19)3-8-16(14)24-17/h3-10H,2H2,1H3,(H,20,22). The minimum atomic E-state index is -0.506. The van der Waals surface area contributed by atoms with Gasteiger partial charge in [0, 0.05) is 16.8 Å². The van der Waals surface area contributed by atoms with Crippen LogP contribution in [0.5, 0.6) is 5.75 Å². The molecule has 0 aliphatic heterocycles. The summed E-state index contributed by atoms with van der Waals surface area (Å²) in [5.74, 6) is 0.140. The lowest BCUT2D eigenvalue weighted by molar-refractivity contribution is 0.0997. The number of benzene rings is 2. The van der Waals surface area contributed by atoms with Crippen molar-refractivity contribution in [3.63, 3.8) is 0 Å². The Morgan fingerprint density at radius 1 is 1.17 bits per heavy atom. The third kappa shape index (κ3) is 3.41. The average molecular weight is 344 g/mol. The van der Waals surface area contributed by atoms with Crippen molar-refractivity contribution in [3.8, 4) is 5.75 Å². The van der Waals surface area contributed by atoms with E-state index in [-0.39, 0.29) is 11.2 Å². The molecular formula is C18H14ClNO4. The van der Waals surface area contributed by atoms with Gasteiger partial charge in [0.1, 0.15) is 11.3 Å². The number of nitrogens with one attached hydrogen (secondary N) is 1. The van der Waals surface area contributed by atoms with Crippen molar-refractivity contribution >= 4 is 34.2 Å². The van der Waals surface area contributed by atoms with Crippen LogP contribution in [0, 0.1) is 0 Å². The number of anilines is 1. The molecule has 0 aliphatic carbocycles. The zero-order valence-corrected chi connectivity index (χ0v) is 13.6. The van der Waals surface area contributed by atoms with Gasteiger partial charge in [-0.2, -0.15) is 0 Å². The summed E-state index contributed by atoms with van der Waals surface area (Å²) in [6, 6.07) is 12.7. The number of hydrogen-bond acceptors (Lipinski definition) is 4. The first-order valence-corrected chi connectivity index (χ1v) is 7.72. The lowest BCUT2D eigenvalue weighted by Gasteiger charge is -2.07. The summed E-state index contributed by atoms with van der Waals surface area (Å²) in [6.45, 7) is 2.46. The third-order valence-corrected chi connectivity index (χ3v) is 3.57. The minimum absolute atomic E-state index is 0.0660. The minimum Gasteiger partial charge on any atom is -0.494 e. The van der Waals surface area contributed by atoms with Gasteiger partial charge in [0.15, 0.2) is 11.2 Å². The maximum Gasteiger partial charge on any atom is 0.291 e. The van der Waals surface area contributed by atoms with Crippen molar-refractivity contribution in [1.29, 1.82) is 0 Å². The molecule has 3 aromatic rings. The van der Waals surface area contributed by atoms with Crippen molar-refractivity contribution < 1.29 is 13.9 Å².